The molecule has 0 amide bonds. The third-order valence-electron chi connectivity index (χ3n) is 2.99. The van der Waals surface area contributed by atoms with Gasteiger partial charge in [0.1, 0.15) is 0 Å². The highest BCUT2D eigenvalue weighted by atomic mass is 35.5. The van der Waals surface area contributed by atoms with E-state index in [2.05, 4.69) is 13.8 Å². The summed E-state index contributed by atoms with van der Waals surface area (Å²) in [5.41, 5.74) is 7.04. The molecule has 17 heavy (non-hydrogen) atoms. The van der Waals surface area contributed by atoms with E-state index in [-0.39, 0.29) is 6.04 Å². The summed E-state index contributed by atoms with van der Waals surface area (Å²) in [6.45, 7) is 4.21. The Bertz CT molecular complexity index is 366. The van der Waals surface area contributed by atoms with Gasteiger partial charge in [0, 0.05) is 33.4 Å². The lowest BCUT2D eigenvalue weighted by molar-refractivity contribution is 0.472. The summed E-state index contributed by atoms with van der Waals surface area (Å²) in [7, 11) is -0.898. The van der Waals surface area contributed by atoms with E-state index in [1.807, 2.05) is 24.3 Å². The maximum Gasteiger partial charge on any atom is 0.0486 e. The number of benzene rings is 1. The van der Waals surface area contributed by atoms with E-state index in [4.69, 9.17) is 17.3 Å². The van der Waals surface area contributed by atoms with Gasteiger partial charge < -0.3 is 5.73 Å². The summed E-state index contributed by atoms with van der Waals surface area (Å²) >= 11 is 5.80. The standard InChI is InChI=1S/C13H20ClNOS/c1-3-10(2)13(15)9-17(16)8-11-4-6-12(14)7-5-11/h4-7,10,13H,3,8-9,15H2,1-2H3. The molecule has 0 aromatic heterocycles. The SMILES string of the molecule is CCC(C)C(N)CS(=O)Cc1ccc(Cl)cc1. The number of halogens is 1. The Kier molecular flexibility index (Phi) is 6.17. The molecular weight excluding hydrogens is 254 g/mol. The minimum atomic E-state index is -0.898. The quantitative estimate of drug-likeness (QED) is 0.866. The first-order valence-electron chi connectivity index (χ1n) is 5.88. The van der Waals surface area contributed by atoms with Crippen molar-refractivity contribution in [3.05, 3.63) is 34.9 Å². The van der Waals surface area contributed by atoms with Gasteiger partial charge in [-0.3, -0.25) is 4.21 Å². The molecule has 0 aliphatic carbocycles. The molecule has 0 aliphatic heterocycles. The van der Waals surface area contributed by atoms with Gasteiger partial charge in [-0.15, -0.1) is 0 Å². The highest BCUT2D eigenvalue weighted by Gasteiger charge is 2.14. The van der Waals surface area contributed by atoms with Gasteiger partial charge in [0.2, 0.25) is 0 Å². The zero-order valence-electron chi connectivity index (χ0n) is 10.4. The topological polar surface area (TPSA) is 43.1 Å². The fourth-order valence-corrected chi connectivity index (χ4v) is 3.07. The average Bonchev–Trinajstić information content (AvgIpc) is 2.30. The molecule has 0 saturated carbocycles. The molecule has 0 aliphatic rings. The van der Waals surface area contributed by atoms with Crippen molar-refractivity contribution in [1.29, 1.82) is 0 Å². The van der Waals surface area contributed by atoms with E-state index < -0.39 is 10.8 Å². The van der Waals surface area contributed by atoms with Crippen molar-refractivity contribution in [1.82, 2.24) is 0 Å². The van der Waals surface area contributed by atoms with Gasteiger partial charge in [0.05, 0.1) is 0 Å². The lowest BCUT2D eigenvalue weighted by Crippen LogP contribution is -2.33. The Morgan fingerprint density at radius 3 is 2.47 bits per heavy atom. The van der Waals surface area contributed by atoms with Crippen molar-refractivity contribution >= 4 is 22.4 Å². The summed E-state index contributed by atoms with van der Waals surface area (Å²) in [5.74, 6) is 1.54. The molecule has 4 heteroatoms. The number of hydrogen-bond acceptors (Lipinski definition) is 2. The van der Waals surface area contributed by atoms with Crippen LogP contribution < -0.4 is 5.73 Å². The number of hydrogen-bond donors (Lipinski definition) is 1. The molecule has 0 bridgehead atoms. The van der Waals surface area contributed by atoms with Crippen LogP contribution in [-0.2, 0) is 16.6 Å². The van der Waals surface area contributed by atoms with Crippen LogP contribution in [0.15, 0.2) is 24.3 Å². The average molecular weight is 274 g/mol. The lowest BCUT2D eigenvalue weighted by Gasteiger charge is -2.17. The molecule has 1 rings (SSSR count). The zero-order valence-corrected chi connectivity index (χ0v) is 11.9. The van der Waals surface area contributed by atoms with Crippen LogP contribution in [-0.4, -0.2) is 16.0 Å². The van der Waals surface area contributed by atoms with Crippen LogP contribution in [0.1, 0.15) is 25.8 Å². The lowest BCUT2D eigenvalue weighted by atomic mass is 10.0. The molecule has 0 fully saturated rings. The van der Waals surface area contributed by atoms with Crippen molar-refractivity contribution in [2.45, 2.75) is 32.1 Å². The first kappa shape index (κ1) is 14.7. The van der Waals surface area contributed by atoms with Gasteiger partial charge in [-0.05, 0) is 23.6 Å². The molecule has 2 N–H and O–H groups in total. The largest absolute Gasteiger partial charge is 0.327 e. The maximum absolute atomic E-state index is 11.9. The summed E-state index contributed by atoms with van der Waals surface area (Å²) in [4.78, 5) is 0. The van der Waals surface area contributed by atoms with Crippen LogP contribution in [0.5, 0.6) is 0 Å². The van der Waals surface area contributed by atoms with Gasteiger partial charge in [-0.25, -0.2) is 0 Å². The second-order valence-electron chi connectivity index (χ2n) is 4.43. The summed E-state index contributed by atoms with van der Waals surface area (Å²) in [6.07, 6.45) is 1.03. The van der Waals surface area contributed by atoms with Crippen molar-refractivity contribution < 1.29 is 4.21 Å². The zero-order chi connectivity index (χ0) is 12.8. The van der Waals surface area contributed by atoms with Crippen LogP contribution >= 0.6 is 11.6 Å². The number of rotatable bonds is 6. The predicted octanol–water partition coefficient (Wildman–Crippen LogP) is 2.96. The molecule has 0 spiro atoms. The second kappa shape index (κ2) is 7.14. The van der Waals surface area contributed by atoms with Crippen LogP contribution in [0.3, 0.4) is 0 Å². The van der Waals surface area contributed by atoms with Gasteiger partial charge in [0.15, 0.2) is 0 Å². The van der Waals surface area contributed by atoms with Crippen LogP contribution in [0.25, 0.3) is 0 Å². The van der Waals surface area contributed by atoms with Gasteiger partial charge in [-0.2, -0.15) is 0 Å². The van der Waals surface area contributed by atoms with Crippen LogP contribution in [0, 0.1) is 5.92 Å². The summed E-state index contributed by atoms with van der Waals surface area (Å²) < 4.78 is 11.9. The van der Waals surface area contributed by atoms with E-state index in [9.17, 15) is 4.21 Å². The Balaban J connectivity index is 2.47. The van der Waals surface area contributed by atoms with E-state index >= 15 is 0 Å². The highest BCUT2D eigenvalue weighted by molar-refractivity contribution is 7.84. The predicted molar refractivity (Wildman–Crippen MR) is 75.6 cm³/mol. The van der Waals surface area contributed by atoms with Crippen molar-refractivity contribution in [3.8, 4) is 0 Å². The molecule has 3 atom stereocenters. The highest BCUT2D eigenvalue weighted by Crippen LogP contribution is 2.12. The van der Waals surface area contributed by atoms with Gasteiger partial charge in [0.25, 0.3) is 0 Å². The minimum Gasteiger partial charge on any atom is -0.327 e. The van der Waals surface area contributed by atoms with Crippen molar-refractivity contribution in [3.63, 3.8) is 0 Å². The van der Waals surface area contributed by atoms with Crippen molar-refractivity contribution in [2.75, 3.05) is 5.75 Å². The van der Waals surface area contributed by atoms with Gasteiger partial charge in [-0.1, -0.05) is 44.0 Å². The Labute approximate surface area is 111 Å². The first-order chi connectivity index (χ1) is 8.02. The molecule has 96 valence electrons. The number of nitrogens with two attached hydrogens (primary N) is 1. The molecular formula is C13H20ClNOS. The smallest absolute Gasteiger partial charge is 0.0486 e. The van der Waals surface area contributed by atoms with E-state index in [0.29, 0.717) is 22.4 Å². The molecule has 0 radical (unpaired) electrons. The minimum absolute atomic E-state index is 0.0214. The Morgan fingerprint density at radius 2 is 1.94 bits per heavy atom. The van der Waals surface area contributed by atoms with Crippen LogP contribution in [0.2, 0.25) is 5.02 Å². The van der Waals surface area contributed by atoms with E-state index in [0.717, 1.165) is 12.0 Å². The van der Waals surface area contributed by atoms with E-state index in [1.54, 1.807) is 0 Å². The molecule has 0 saturated heterocycles. The normalized spacial score (nSPS) is 16.5. The Morgan fingerprint density at radius 1 is 1.35 bits per heavy atom. The summed E-state index contributed by atoms with van der Waals surface area (Å²) in [5, 5.41) is 0.704. The third kappa shape index (κ3) is 5.19. The second-order valence-corrected chi connectivity index (χ2v) is 6.36. The Hall–Kier alpha value is -0.380. The summed E-state index contributed by atoms with van der Waals surface area (Å²) in [6, 6.07) is 7.49. The third-order valence-corrected chi connectivity index (χ3v) is 4.66. The fourth-order valence-electron chi connectivity index (χ4n) is 1.51. The molecule has 2 nitrogen and oxygen atoms in total. The fraction of sp³-hybridized carbons (Fsp3) is 0.538. The van der Waals surface area contributed by atoms with Crippen molar-refractivity contribution in [2.24, 2.45) is 11.7 Å². The molecule has 1 aromatic carbocycles. The first-order valence-corrected chi connectivity index (χ1v) is 7.74. The van der Waals surface area contributed by atoms with E-state index in [1.165, 1.54) is 0 Å². The maximum atomic E-state index is 11.9. The molecule has 0 heterocycles. The molecule has 1 aromatic rings. The van der Waals surface area contributed by atoms with Crippen LogP contribution in [0.4, 0.5) is 0 Å². The monoisotopic (exact) mass is 273 g/mol. The molecule has 3 unspecified atom stereocenters. The van der Waals surface area contributed by atoms with Gasteiger partial charge >= 0.3 is 0 Å².